The van der Waals surface area contributed by atoms with Gasteiger partial charge in [-0.1, -0.05) is 42.5 Å². The van der Waals surface area contributed by atoms with E-state index < -0.39 is 5.63 Å². The molecular weight excluding hydrogens is 390 g/mol. The molecule has 0 aliphatic rings. The number of para-hydroxylation sites is 2. The summed E-state index contributed by atoms with van der Waals surface area (Å²) in [7, 11) is 0. The number of anilines is 2. The molecule has 5 aromatic rings. The van der Waals surface area contributed by atoms with Gasteiger partial charge in [0.1, 0.15) is 16.7 Å². The Morgan fingerprint density at radius 3 is 2.42 bits per heavy atom. The largest absolute Gasteiger partial charge is 0.494 e. The topological polar surface area (TPSA) is 64.6 Å². The van der Waals surface area contributed by atoms with E-state index in [1.807, 2.05) is 80.6 Å². The number of furan rings is 1. The zero-order chi connectivity index (χ0) is 21.4. The Kier molecular flexibility index (Phi) is 4.71. The van der Waals surface area contributed by atoms with Gasteiger partial charge in [-0.05, 0) is 55.3 Å². The molecular formula is C26H21NO4. The van der Waals surface area contributed by atoms with Crippen LogP contribution < -0.4 is 15.7 Å². The molecule has 0 spiro atoms. The Labute approximate surface area is 178 Å². The number of benzene rings is 3. The van der Waals surface area contributed by atoms with Crippen molar-refractivity contribution in [2.45, 2.75) is 13.8 Å². The van der Waals surface area contributed by atoms with Crippen LogP contribution in [0.4, 0.5) is 11.6 Å². The van der Waals surface area contributed by atoms with Gasteiger partial charge in [-0.25, -0.2) is 4.79 Å². The second-order valence-electron chi connectivity index (χ2n) is 7.29. The molecule has 0 aliphatic heterocycles. The molecule has 3 aromatic carbocycles. The second-order valence-corrected chi connectivity index (χ2v) is 7.29. The third-order valence-corrected chi connectivity index (χ3v) is 5.29. The Hall–Kier alpha value is -3.99. The third-order valence-electron chi connectivity index (χ3n) is 5.29. The van der Waals surface area contributed by atoms with Crippen LogP contribution in [0.3, 0.4) is 0 Å². The molecule has 0 fully saturated rings. The molecule has 5 nitrogen and oxygen atoms in total. The van der Waals surface area contributed by atoms with E-state index in [-0.39, 0.29) is 0 Å². The summed E-state index contributed by atoms with van der Waals surface area (Å²) in [6.45, 7) is 4.55. The van der Waals surface area contributed by atoms with Gasteiger partial charge in [-0.2, -0.15) is 0 Å². The fourth-order valence-electron chi connectivity index (χ4n) is 3.79. The van der Waals surface area contributed by atoms with E-state index in [9.17, 15) is 4.79 Å². The molecule has 0 saturated carbocycles. The highest BCUT2D eigenvalue weighted by Crippen LogP contribution is 2.41. The molecule has 31 heavy (non-hydrogen) atoms. The summed E-state index contributed by atoms with van der Waals surface area (Å²) < 4.78 is 17.5. The van der Waals surface area contributed by atoms with E-state index >= 15 is 0 Å². The quantitative estimate of drug-likeness (QED) is 0.328. The molecule has 0 unspecified atom stereocenters. The van der Waals surface area contributed by atoms with E-state index in [0.29, 0.717) is 34.6 Å². The highest BCUT2D eigenvalue weighted by molar-refractivity contribution is 6.10. The lowest BCUT2D eigenvalue weighted by Gasteiger charge is -2.09. The van der Waals surface area contributed by atoms with Gasteiger partial charge in [-0.3, -0.25) is 0 Å². The summed E-state index contributed by atoms with van der Waals surface area (Å²) >= 11 is 0. The van der Waals surface area contributed by atoms with Crippen LogP contribution in [0.1, 0.15) is 12.5 Å². The fraction of sp³-hybridized carbons (Fsp3) is 0.115. The number of rotatable bonds is 5. The van der Waals surface area contributed by atoms with Gasteiger partial charge >= 0.3 is 5.63 Å². The van der Waals surface area contributed by atoms with Crippen LogP contribution in [-0.4, -0.2) is 6.61 Å². The summed E-state index contributed by atoms with van der Waals surface area (Å²) in [4.78, 5) is 13.0. The van der Waals surface area contributed by atoms with E-state index in [2.05, 4.69) is 5.32 Å². The molecule has 5 heteroatoms. The van der Waals surface area contributed by atoms with Crippen LogP contribution in [0.2, 0.25) is 0 Å². The Morgan fingerprint density at radius 1 is 0.903 bits per heavy atom. The van der Waals surface area contributed by atoms with Crippen molar-refractivity contribution in [2.24, 2.45) is 0 Å². The maximum absolute atomic E-state index is 13.0. The van der Waals surface area contributed by atoms with Gasteiger partial charge in [0.05, 0.1) is 17.6 Å². The lowest BCUT2D eigenvalue weighted by molar-refractivity contribution is 0.340. The number of hydrogen-bond acceptors (Lipinski definition) is 5. The van der Waals surface area contributed by atoms with Crippen molar-refractivity contribution in [3.8, 4) is 16.9 Å². The van der Waals surface area contributed by atoms with E-state index in [0.717, 1.165) is 28.0 Å². The highest BCUT2D eigenvalue weighted by atomic mass is 16.5. The van der Waals surface area contributed by atoms with Crippen molar-refractivity contribution in [1.29, 1.82) is 0 Å². The zero-order valence-corrected chi connectivity index (χ0v) is 17.3. The predicted molar refractivity (Wildman–Crippen MR) is 123 cm³/mol. The standard InChI is InChI=1S/C26H21NO4/c1-3-29-18-14-12-17(13-15-18)22-23-24(19-9-5-7-11-21(19)30-26(23)28)31-25(22)27-20-10-6-4-8-16(20)2/h4-15,27H,3H2,1-2H3. The molecule has 0 amide bonds. The molecule has 154 valence electrons. The first-order valence-corrected chi connectivity index (χ1v) is 10.2. The molecule has 5 rings (SSSR count). The van der Waals surface area contributed by atoms with Crippen LogP contribution >= 0.6 is 0 Å². The molecule has 0 saturated heterocycles. The van der Waals surface area contributed by atoms with Crippen molar-refractivity contribution in [2.75, 3.05) is 11.9 Å². The smallest absolute Gasteiger partial charge is 0.348 e. The maximum atomic E-state index is 13.0. The van der Waals surface area contributed by atoms with Crippen LogP contribution in [0.15, 0.2) is 86.4 Å². The number of ether oxygens (including phenoxy) is 1. The minimum Gasteiger partial charge on any atom is -0.494 e. The van der Waals surface area contributed by atoms with Crippen molar-refractivity contribution in [1.82, 2.24) is 0 Å². The normalized spacial score (nSPS) is 11.2. The first-order chi connectivity index (χ1) is 15.2. The molecule has 0 atom stereocenters. The minimum atomic E-state index is -0.431. The second kappa shape index (κ2) is 7.69. The maximum Gasteiger partial charge on any atom is 0.348 e. The Balaban J connectivity index is 1.79. The Bertz CT molecular complexity index is 1440. The molecule has 2 aromatic heterocycles. The monoisotopic (exact) mass is 411 g/mol. The SMILES string of the molecule is CCOc1ccc(-c2c(Nc3ccccc3C)oc3c2c(=O)oc2ccccc23)cc1. The van der Waals surface area contributed by atoms with Gasteiger partial charge in [0, 0.05) is 5.69 Å². The zero-order valence-electron chi connectivity index (χ0n) is 17.3. The average Bonchev–Trinajstić information content (AvgIpc) is 3.16. The lowest BCUT2D eigenvalue weighted by Crippen LogP contribution is -2.00. The van der Waals surface area contributed by atoms with Gasteiger partial charge < -0.3 is 18.9 Å². The number of aryl methyl sites for hydroxylation is 1. The predicted octanol–water partition coefficient (Wildman–Crippen LogP) is 6.66. The average molecular weight is 411 g/mol. The number of nitrogens with one attached hydrogen (secondary N) is 1. The van der Waals surface area contributed by atoms with Crippen molar-refractivity contribution in [3.05, 3.63) is 88.8 Å². The van der Waals surface area contributed by atoms with Gasteiger partial charge in [-0.15, -0.1) is 0 Å². The first-order valence-electron chi connectivity index (χ1n) is 10.2. The van der Waals surface area contributed by atoms with Crippen LogP contribution in [0.5, 0.6) is 5.75 Å². The number of fused-ring (bicyclic) bond motifs is 3. The highest BCUT2D eigenvalue weighted by Gasteiger charge is 2.23. The van der Waals surface area contributed by atoms with Gasteiger partial charge in [0.25, 0.3) is 0 Å². The van der Waals surface area contributed by atoms with Crippen molar-refractivity contribution >= 4 is 33.5 Å². The molecule has 0 radical (unpaired) electrons. The third kappa shape index (κ3) is 3.34. The van der Waals surface area contributed by atoms with Crippen LogP contribution in [0, 0.1) is 6.92 Å². The molecule has 0 bridgehead atoms. The van der Waals surface area contributed by atoms with Crippen molar-refractivity contribution < 1.29 is 13.6 Å². The number of hydrogen-bond donors (Lipinski definition) is 1. The van der Waals surface area contributed by atoms with Crippen molar-refractivity contribution in [3.63, 3.8) is 0 Å². The van der Waals surface area contributed by atoms with E-state index in [4.69, 9.17) is 13.6 Å². The van der Waals surface area contributed by atoms with Gasteiger partial charge in [0.2, 0.25) is 5.88 Å². The summed E-state index contributed by atoms with van der Waals surface area (Å²) in [5, 5.41) is 4.55. The summed E-state index contributed by atoms with van der Waals surface area (Å²) in [6, 6.07) is 22.9. The molecule has 0 aliphatic carbocycles. The first kappa shape index (κ1) is 19.0. The molecule has 2 heterocycles. The summed E-state index contributed by atoms with van der Waals surface area (Å²) in [5.41, 5.74) is 4.04. The summed E-state index contributed by atoms with van der Waals surface area (Å²) in [6.07, 6.45) is 0. The minimum absolute atomic E-state index is 0.416. The van der Waals surface area contributed by atoms with Crippen LogP contribution in [-0.2, 0) is 0 Å². The van der Waals surface area contributed by atoms with Gasteiger partial charge in [0.15, 0.2) is 5.58 Å². The Morgan fingerprint density at radius 2 is 1.65 bits per heavy atom. The summed E-state index contributed by atoms with van der Waals surface area (Å²) in [5.74, 6) is 1.27. The fourth-order valence-corrected chi connectivity index (χ4v) is 3.79. The van der Waals surface area contributed by atoms with Crippen LogP contribution in [0.25, 0.3) is 33.1 Å². The lowest BCUT2D eigenvalue weighted by atomic mass is 10.0. The van der Waals surface area contributed by atoms with E-state index in [1.54, 1.807) is 6.07 Å². The van der Waals surface area contributed by atoms with E-state index in [1.165, 1.54) is 0 Å². The molecule has 1 N–H and O–H groups in total.